The quantitative estimate of drug-likeness (QED) is 0.741. The van der Waals surface area contributed by atoms with Gasteiger partial charge in [0.1, 0.15) is 16.7 Å². The van der Waals surface area contributed by atoms with Crippen LogP contribution in [0.25, 0.3) is 9.88 Å². The smallest absolute Gasteiger partial charge is 0.326 e. The predicted octanol–water partition coefficient (Wildman–Crippen LogP) is 1.53. The lowest BCUT2D eigenvalue weighted by Gasteiger charge is -2.10. The van der Waals surface area contributed by atoms with Crippen molar-refractivity contribution in [2.45, 2.75) is 12.5 Å². The number of thiophene rings is 1. The third-order valence-corrected chi connectivity index (χ3v) is 4.33. The summed E-state index contributed by atoms with van der Waals surface area (Å²) < 4.78 is 0. The van der Waals surface area contributed by atoms with Crippen molar-refractivity contribution in [3.63, 3.8) is 0 Å². The highest BCUT2D eigenvalue weighted by atomic mass is 32.1. The van der Waals surface area contributed by atoms with Gasteiger partial charge >= 0.3 is 11.9 Å². The summed E-state index contributed by atoms with van der Waals surface area (Å²) in [7, 11) is 0. The maximum atomic E-state index is 11.9. The molecule has 9 heteroatoms. The van der Waals surface area contributed by atoms with E-state index >= 15 is 0 Å². The molecule has 0 fully saturated rings. The van der Waals surface area contributed by atoms with Crippen LogP contribution in [-0.2, 0) is 9.59 Å². The first-order valence-electron chi connectivity index (χ1n) is 5.72. The van der Waals surface area contributed by atoms with Gasteiger partial charge in [-0.3, -0.25) is 9.59 Å². The fourth-order valence-electron chi connectivity index (χ4n) is 1.50. The molecule has 0 bridgehead atoms. The summed E-state index contributed by atoms with van der Waals surface area (Å²) in [4.78, 5) is 38.4. The normalized spacial score (nSPS) is 11.8. The Balaban J connectivity index is 2.09. The fraction of sp³-hybridized carbons (Fsp3) is 0.167. The number of carboxylic acid groups (broad SMARTS) is 2. The number of carbonyl (C=O) groups excluding carboxylic acids is 1. The Morgan fingerprint density at radius 1 is 1.29 bits per heavy atom. The molecule has 0 saturated heterocycles. The second-order valence-electron chi connectivity index (χ2n) is 3.98. The van der Waals surface area contributed by atoms with Crippen LogP contribution in [0.5, 0.6) is 0 Å². The first-order chi connectivity index (χ1) is 9.97. The van der Waals surface area contributed by atoms with E-state index in [1.807, 2.05) is 17.5 Å². The van der Waals surface area contributed by atoms with Gasteiger partial charge < -0.3 is 15.5 Å². The molecule has 0 aliphatic carbocycles. The van der Waals surface area contributed by atoms with E-state index in [9.17, 15) is 14.4 Å². The van der Waals surface area contributed by atoms with Gasteiger partial charge in [0.25, 0.3) is 5.91 Å². The van der Waals surface area contributed by atoms with Gasteiger partial charge in [-0.2, -0.15) is 0 Å². The Hall–Kier alpha value is -2.26. The van der Waals surface area contributed by atoms with Gasteiger partial charge in [0.15, 0.2) is 0 Å². The van der Waals surface area contributed by atoms with E-state index in [4.69, 9.17) is 10.2 Å². The molecule has 110 valence electrons. The third kappa shape index (κ3) is 3.86. The topological polar surface area (TPSA) is 117 Å². The van der Waals surface area contributed by atoms with E-state index in [2.05, 4.69) is 10.3 Å². The van der Waals surface area contributed by atoms with Crippen LogP contribution in [0, 0.1) is 0 Å². The number of carboxylic acids is 2. The maximum absolute atomic E-state index is 11.9. The lowest BCUT2D eigenvalue weighted by atomic mass is 10.2. The molecule has 2 rings (SSSR count). The Kier molecular flexibility index (Phi) is 4.66. The Bertz CT molecular complexity index is 665. The minimum atomic E-state index is -1.48. The molecule has 0 aromatic carbocycles. The first kappa shape index (κ1) is 15.1. The number of hydrogen-bond donors (Lipinski definition) is 3. The molecule has 0 saturated carbocycles. The van der Waals surface area contributed by atoms with E-state index in [1.165, 1.54) is 28.1 Å². The molecule has 21 heavy (non-hydrogen) atoms. The van der Waals surface area contributed by atoms with E-state index in [0.29, 0.717) is 5.01 Å². The lowest BCUT2D eigenvalue weighted by molar-refractivity contribution is -0.145. The van der Waals surface area contributed by atoms with E-state index in [1.54, 1.807) is 0 Å². The Labute approximate surface area is 126 Å². The molecule has 1 amide bonds. The van der Waals surface area contributed by atoms with Gasteiger partial charge in [0.05, 0.1) is 11.3 Å². The van der Waals surface area contributed by atoms with Crippen molar-refractivity contribution in [2.75, 3.05) is 0 Å². The van der Waals surface area contributed by atoms with Crippen molar-refractivity contribution in [3.8, 4) is 9.88 Å². The number of hydrogen-bond acceptors (Lipinski definition) is 6. The van der Waals surface area contributed by atoms with E-state index < -0.39 is 30.3 Å². The van der Waals surface area contributed by atoms with Gasteiger partial charge in [-0.1, -0.05) is 6.07 Å². The summed E-state index contributed by atoms with van der Waals surface area (Å²) >= 11 is 2.73. The molecule has 0 spiro atoms. The van der Waals surface area contributed by atoms with Gasteiger partial charge in [-0.05, 0) is 11.4 Å². The number of carbonyl (C=O) groups is 3. The van der Waals surface area contributed by atoms with Crippen LogP contribution in [0.3, 0.4) is 0 Å². The van der Waals surface area contributed by atoms with Gasteiger partial charge in [-0.15, -0.1) is 22.7 Å². The first-order valence-corrected chi connectivity index (χ1v) is 7.48. The molecular formula is C12H10N2O5S2. The SMILES string of the molecule is O=C(O)C[C@H](NC(=O)c1csc(-c2cccs2)n1)C(=O)O. The number of nitrogens with one attached hydrogen (secondary N) is 1. The number of nitrogens with zero attached hydrogens (tertiary/aromatic N) is 1. The molecule has 2 aromatic rings. The van der Waals surface area contributed by atoms with Crippen molar-refractivity contribution in [3.05, 3.63) is 28.6 Å². The maximum Gasteiger partial charge on any atom is 0.326 e. The summed E-state index contributed by atoms with van der Waals surface area (Å²) in [6, 6.07) is 2.23. The number of aromatic nitrogens is 1. The Morgan fingerprint density at radius 2 is 2.05 bits per heavy atom. The predicted molar refractivity (Wildman–Crippen MR) is 76.6 cm³/mol. The number of amides is 1. The molecule has 0 unspecified atom stereocenters. The van der Waals surface area contributed by atoms with Crippen LogP contribution in [-0.4, -0.2) is 39.1 Å². The monoisotopic (exact) mass is 326 g/mol. The summed E-state index contributed by atoms with van der Waals surface area (Å²) in [5.74, 6) is -3.41. The van der Waals surface area contributed by atoms with Gasteiger partial charge in [-0.25, -0.2) is 9.78 Å². The Morgan fingerprint density at radius 3 is 2.62 bits per heavy atom. The van der Waals surface area contributed by atoms with E-state index in [-0.39, 0.29) is 5.69 Å². The van der Waals surface area contributed by atoms with Crippen LogP contribution in [0.4, 0.5) is 0 Å². The minimum absolute atomic E-state index is 0.0695. The molecule has 7 nitrogen and oxygen atoms in total. The molecule has 0 aliphatic rings. The van der Waals surface area contributed by atoms with Crippen molar-refractivity contribution < 1.29 is 24.6 Å². The molecule has 3 N–H and O–H groups in total. The molecule has 1 atom stereocenters. The summed E-state index contributed by atoms with van der Waals surface area (Å²) in [5, 5.41) is 23.7. The molecule has 2 heterocycles. The van der Waals surface area contributed by atoms with Gasteiger partial charge in [0.2, 0.25) is 0 Å². The molecule has 0 aliphatic heterocycles. The second kappa shape index (κ2) is 6.46. The second-order valence-corrected chi connectivity index (χ2v) is 5.78. The van der Waals surface area contributed by atoms with Crippen LogP contribution in [0.1, 0.15) is 16.9 Å². The number of rotatable bonds is 6. The van der Waals surface area contributed by atoms with Crippen LogP contribution < -0.4 is 5.32 Å². The van der Waals surface area contributed by atoms with Crippen LogP contribution >= 0.6 is 22.7 Å². The largest absolute Gasteiger partial charge is 0.481 e. The summed E-state index contributed by atoms with van der Waals surface area (Å²) in [5.41, 5.74) is 0.0695. The zero-order chi connectivity index (χ0) is 15.4. The number of thiazole rings is 1. The van der Waals surface area contributed by atoms with E-state index in [0.717, 1.165) is 4.88 Å². The summed E-state index contributed by atoms with van der Waals surface area (Å²) in [6.45, 7) is 0. The average molecular weight is 326 g/mol. The summed E-state index contributed by atoms with van der Waals surface area (Å²) in [6.07, 6.45) is -0.691. The van der Waals surface area contributed by atoms with Crippen LogP contribution in [0.15, 0.2) is 22.9 Å². The highest BCUT2D eigenvalue weighted by Crippen LogP contribution is 2.27. The minimum Gasteiger partial charge on any atom is -0.481 e. The van der Waals surface area contributed by atoms with Crippen LogP contribution in [0.2, 0.25) is 0 Å². The molecule has 0 radical (unpaired) electrons. The van der Waals surface area contributed by atoms with Crippen molar-refractivity contribution in [1.82, 2.24) is 10.3 Å². The molecule has 2 aromatic heterocycles. The zero-order valence-electron chi connectivity index (χ0n) is 10.5. The van der Waals surface area contributed by atoms with Crippen molar-refractivity contribution in [1.29, 1.82) is 0 Å². The highest BCUT2D eigenvalue weighted by Gasteiger charge is 2.24. The lowest BCUT2D eigenvalue weighted by Crippen LogP contribution is -2.42. The van der Waals surface area contributed by atoms with Crippen molar-refractivity contribution >= 4 is 40.5 Å². The standard InChI is InChI=1S/C12H10N2O5S2/c15-9(16)4-6(12(18)19)13-10(17)7-5-21-11(14-7)8-2-1-3-20-8/h1-3,5-6H,4H2,(H,13,17)(H,15,16)(H,18,19)/t6-/m0/s1. The fourth-order valence-corrected chi connectivity index (χ4v) is 3.11. The zero-order valence-corrected chi connectivity index (χ0v) is 12.1. The third-order valence-electron chi connectivity index (χ3n) is 2.45. The highest BCUT2D eigenvalue weighted by molar-refractivity contribution is 7.20. The number of aliphatic carboxylic acids is 2. The average Bonchev–Trinajstić information content (AvgIpc) is 3.08. The van der Waals surface area contributed by atoms with Crippen molar-refractivity contribution in [2.24, 2.45) is 0 Å². The van der Waals surface area contributed by atoms with Gasteiger partial charge in [0, 0.05) is 5.38 Å². The molecular weight excluding hydrogens is 316 g/mol.